The molecule has 0 aliphatic heterocycles. The van der Waals surface area contributed by atoms with E-state index in [-0.39, 0.29) is 0 Å². The topological polar surface area (TPSA) is 89.9 Å². The van der Waals surface area contributed by atoms with Crippen LogP contribution in [-0.4, -0.2) is 34.2 Å². The van der Waals surface area contributed by atoms with E-state index in [9.17, 15) is 14.4 Å². The van der Waals surface area contributed by atoms with Crippen molar-refractivity contribution in [2.75, 3.05) is 0 Å². The maximum atomic E-state index is 12.3. The van der Waals surface area contributed by atoms with Crippen molar-refractivity contribution >= 4 is 17.9 Å². The molecule has 0 spiro atoms. The van der Waals surface area contributed by atoms with E-state index in [2.05, 4.69) is 0 Å². The smallest absolute Gasteiger partial charge is 0.310 e. The maximum Gasteiger partial charge on any atom is 0.310 e. The molecular formula is C17H30O6. The molecule has 23 heavy (non-hydrogen) atoms. The second-order valence-electron chi connectivity index (χ2n) is 7.06. The second-order valence-corrected chi connectivity index (χ2v) is 7.06. The molecule has 0 rings (SSSR count). The SMILES string of the molecule is CCC(C)(C)OC(=O)C(C)C(CC(=O)O)C(=O)OC(C)(C)CC. The van der Waals surface area contributed by atoms with Crippen molar-refractivity contribution in [1.29, 1.82) is 0 Å². The van der Waals surface area contributed by atoms with Crippen molar-refractivity contribution in [3.8, 4) is 0 Å². The first-order valence-corrected chi connectivity index (χ1v) is 8.02. The molecule has 2 unspecified atom stereocenters. The zero-order valence-corrected chi connectivity index (χ0v) is 15.3. The molecule has 6 heteroatoms. The Morgan fingerprint density at radius 2 is 1.30 bits per heavy atom. The minimum atomic E-state index is -1.16. The van der Waals surface area contributed by atoms with E-state index in [0.717, 1.165) is 0 Å². The summed E-state index contributed by atoms with van der Waals surface area (Å²) >= 11 is 0. The van der Waals surface area contributed by atoms with E-state index in [1.165, 1.54) is 6.92 Å². The summed E-state index contributed by atoms with van der Waals surface area (Å²) in [7, 11) is 0. The number of hydrogen-bond donors (Lipinski definition) is 1. The van der Waals surface area contributed by atoms with Gasteiger partial charge in [-0.15, -0.1) is 0 Å². The van der Waals surface area contributed by atoms with Gasteiger partial charge in [-0.25, -0.2) is 0 Å². The number of hydrogen-bond acceptors (Lipinski definition) is 5. The lowest BCUT2D eigenvalue weighted by Gasteiger charge is -2.30. The molecule has 0 aromatic rings. The molecule has 0 radical (unpaired) electrons. The number of carboxylic acids is 1. The lowest BCUT2D eigenvalue weighted by atomic mass is 9.90. The van der Waals surface area contributed by atoms with Gasteiger partial charge in [0.2, 0.25) is 0 Å². The molecule has 0 saturated carbocycles. The van der Waals surface area contributed by atoms with Crippen LogP contribution in [0.3, 0.4) is 0 Å². The number of esters is 2. The highest BCUT2D eigenvalue weighted by molar-refractivity contribution is 5.85. The van der Waals surface area contributed by atoms with Crippen LogP contribution in [0.1, 0.15) is 67.7 Å². The third-order valence-electron chi connectivity index (χ3n) is 4.13. The largest absolute Gasteiger partial charge is 0.481 e. The maximum absolute atomic E-state index is 12.3. The van der Waals surface area contributed by atoms with Crippen LogP contribution in [0, 0.1) is 11.8 Å². The number of rotatable bonds is 9. The lowest BCUT2D eigenvalue weighted by Crippen LogP contribution is -2.39. The van der Waals surface area contributed by atoms with E-state index < -0.39 is 47.4 Å². The summed E-state index contributed by atoms with van der Waals surface area (Å²) in [5.41, 5.74) is -1.37. The third kappa shape index (κ3) is 7.48. The van der Waals surface area contributed by atoms with Crippen LogP contribution in [0.2, 0.25) is 0 Å². The van der Waals surface area contributed by atoms with Gasteiger partial charge in [-0.1, -0.05) is 20.8 Å². The van der Waals surface area contributed by atoms with E-state index in [4.69, 9.17) is 14.6 Å². The van der Waals surface area contributed by atoms with Gasteiger partial charge in [0, 0.05) is 0 Å². The normalized spacial score (nSPS) is 14.7. The fourth-order valence-corrected chi connectivity index (χ4v) is 1.67. The minimum Gasteiger partial charge on any atom is -0.481 e. The van der Waals surface area contributed by atoms with Gasteiger partial charge in [0.1, 0.15) is 11.2 Å². The predicted octanol–water partition coefficient (Wildman–Crippen LogP) is 3.18. The van der Waals surface area contributed by atoms with Gasteiger partial charge in [0.05, 0.1) is 18.3 Å². The molecule has 0 saturated heterocycles. The van der Waals surface area contributed by atoms with Crippen LogP contribution in [0.5, 0.6) is 0 Å². The van der Waals surface area contributed by atoms with Gasteiger partial charge in [0.15, 0.2) is 0 Å². The van der Waals surface area contributed by atoms with Crippen molar-refractivity contribution in [2.24, 2.45) is 11.8 Å². The molecule has 0 heterocycles. The van der Waals surface area contributed by atoms with E-state index in [0.29, 0.717) is 12.8 Å². The van der Waals surface area contributed by atoms with Crippen LogP contribution in [0.4, 0.5) is 0 Å². The highest BCUT2D eigenvalue weighted by atomic mass is 16.6. The minimum absolute atomic E-state index is 0.471. The highest BCUT2D eigenvalue weighted by Crippen LogP contribution is 2.26. The Morgan fingerprint density at radius 3 is 1.65 bits per heavy atom. The number of aliphatic carboxylic acids is 1. The van der Waals surface area contributed by atoms with Gasteiger partial charge < -0.3 is 14.6 Å². The predicted molar refractivity (Wildman–Crippen MR) is 85.8 cm³/mol. The summed E-state index contributed by atoms with van der Waals surface area (Å²) in [5, 5.41) is 9.04. The number of carboxylic acid groups (broad SMARTS) is 1. The summed E-state index contributed by atoms with van der Waals surface area (Å²) in [6.07, 6.45) is 0.726. The first kappa shape index (κ1) is 21.4. The third-order valence-corrected chi connectivity index (χ3v) is 4.13. The molecule has 0 bridgehead atoms. The van der Waals surface area contributed by atoms with Crippen LogP contribution < -0.4 is 0 Å². The molecule has 0 aromatic carbocycles. The van der Waals surface area contributed by atoms with Crippen molar-refractivity contribution in [2.45, 2.75) is 78.9 Å². The van der Waals surface area contributed by atoms with Crippen LogP contribution in [0.25, 0.3) is 0 Å². The van der Waals surface area contributed by atoms with Crippen molar-refractivity contribution < 1.29 is 29.0 Å². The number of ether oxygens (including phenoxy) is 2. The van der Waals surface area contributed by atoms with Crippen molar-refractivity contribution in [3.05, 3.63) is 0 Å². The van der Waals surface area contributed by atoms with Gasteiger partial charge in [-0.2, -0.15) is 0 Å². The molecule has 0 aliphatic carbocycles. The lowest BCUT2D eigenvalue weighted by molar-refractivity contribution is -0.175. The number of carbonyl (C=O) groups excluding carboxylic acids is 2. The summed E-state index contributed by atoms with van der Waals surface area (Å²) in [6.45, 7) is 12.3. The Hall–Kier alpha value is -1.59. The Morgan fingerprint density at radius 1 is 0.913 bits per heavy atom. The molecule has 0 aliphatic rings. The Labute approximate surface area is 138 Å². The monoisotopic (exact) mass is 330 g/mol. The van der Waals surface area contributed by atoms with Gasteiger partial charge in [-0.3, -0.25) is 14.4 Å². The Bertz CT molecular complexity index is 438. The summed E-state index contributed by atoms with van der Waals surface area (Å²) < 4.78 is 10.7. The molecule has 0 fully saturated rings. The van der Waals surface area contributed by atoms with E-state index >= 15 is 0 Å². The zero-order chi connectivity index (χ0) is 18.4. The molecule has 0 amide bonds. The molecule has 2 atom stereocenters. The van der Waals surface area contributed by atoms with E-state index in [1.54, 1.807) is 27.7 Å². The first-order valence-electron chi connectivity index (χ1n) is 8.02. The van der Waals surface area contributed by atoms with Gasteiger partial charge >= 0.3 is 17.9 Å². The summed E-state index contributed by atoms with van der Waals surface area (Å²) in [5.74, 6) is -4.39. The quantitative estimate of drug-likeness (QED) is 0.653. The molecular weight excluding hydrogens is 300 g/mol. The van der Waals surface area contributed by atoms with Crippen LogP contribution in [-0.2, 0) is 23.9 Å². The molecule has 134 valence electrons. The Kier molecular flexibility index (Phi) is 7.74. The summed E-state index contributed by atoms with van der Waals surface area (Å²) in [6, 6.07) is 0. The summed E-state index contributed by atoms with van der Waals surface area (Å²) in [4.78, 5) is 35.7. The van der Waals surface area contributed by atoms with E-state index in [1.807, 2.05) is 13.8 Å². The molecule has 6 nitrogen and oxygen atoms in total. The average molecular weight is 330 g/mol. The van der Waals surface area contributed by atoms with Crippen LogP contribution in [0.15, 0.2) is 0 Å². The molecule has 1 N–H and O–H groups in total. The highest BCUT2D eigenvalue weighted by Gasteiger charge is 2.38. The standard InChI is InChI=1S/C17H30O6/c1-8-16(4,5)22-14(20)11(3)12(10-13(18)19)15(21)23-17(6,7)9-2/h11-12H,8-10H2,1-7H3,(H,18,19). The second kappa shape index (κ2) is 8.31. The number of carbonyl (C=O) groups is 3. The average Bonchev–Trinajstić information content (AvgIpc) is 2.42. The first-order chi connectivity index (χ1) is 10.3. The van der Waals surface area contributed by atoms with Crippen molar-refractivity contribution in [3.63, 3.8) is 0 Å². The molecule has 0 aromatic heterocycles. The fourth-order valence-electron chi connectivity index (χ4n) is 1.67. The zero-order valence-electron chi connectivity index (χ0n) is 15.3. The Balaban J connectivity index is 5.19. The fraction of sp³-hybridized carbons (Fsp3) is 0.824. The van der Waals surface area contributed by atoms with Crippen LogP contribution >= 0.6 is 0 Å². The van der Waals surface area contributed by atoms with Gasteiger partial charge in [-0.05, 0) is 40.5 Å². The van der Waals surface area contributed by atoms with Crippen molar-refractivity contribution in [1.82, 2.24) is 0 Å². The van der Waals surface area contributed by atoms with Gasteiger partial charge in [0.25, 0.3) is 0 Å².